The first kappa shape index (κ1) is 24.8. The number of ether oxygens (including phenoxy) is 4. The maximum Gasteiger partial charge on any atom is 0.347 e. The second-order valence-corrected chi connectivity index (χ2v) is 8.39. The molecule has 190 valence electrons. The van der Waals surface area contributed by atoms with E-state index in [2.05, 4.69) is 0 Å². The van der Waals surface area contributed by atoms with Crippen LogP contribution in [-0.4, -0.2) is 25.2 Å². The van der Waals surface area contributed by atoms with Gasteiger partial charge < -0.3 is 18.9 Å². The monoisotopic (exact) mass is 506 g/mol. The first-order valence-electron chi connectivity index (χ1n) is 12.4. The number of rotatable bonds is 8. The third kappa shape index (κ3) is 4.76. The molecule has 0 fully saturated rings. The van der Waals surface area contributed by atoms with Crippen molar-refractivity contribution < 1.29 is 28.5 Å². The van der Waals surface area contributed by atoms with Crippen molar-refractivity contribution in [2.45, 2.75) is 13.8 Å². The lowest BCUT2D eigenvalue weighted by Crippen LogP contribution is -2.13. The fourth-order valence-corrected chi connectivity index (χ4v) is 4.40. The van der Waals surface area contributed by atoms with Crippen molar-refractivity contribution in [3.05, 3.63) is 108 Å². The number of para-hydroxylation sites is 2. The van der Waals surface area contributed by atoms with Crippen LogP contribution in [-0.2, 0) is 0 Å². The van der Waals surface area contributed by atoms with E-state index in [1.807, 2.05) is 62.4 Å². The van der Waals surface area contributed by atoms with Gasteiger partial charge in [0.2, 0.25) is 0 Å². The van der Waals surface area contributed by atoms with E-state index in [-0.39, 0.29) is 0 Å². The number of hydrogen-bond acceptors (Lipinski definition) is 6. The summed E-state index contributed by atoms with van der Waals surface area (Å²) < 4.78 is 23.3. The fourth-order valence-electron chi connectivity index (χ4n) is 4.40. The predicted octanol–water partition coefficient (Wildman–Crippen LogP) is 7.23. The number of carbonyl (C=O) groups excluding carboxylic acids is 2. The van der Waals surface area contributed by atoms with Gasteiger partial charge in [0, 0.05) is 21.5 Å². The SMILES string of the molecule is CCOc1ccccc1C(=O)Oc1c2ccccc2c(OC(=O)c2ccccc2OCC)c2ccccc12. The van der Waals surface area contributed by atoms with Gasteiger partial charge >= 0.3 is 11.9 Å². The zero-order valence-electron chi connectivity index (χ0n) is 21.1. The Morgan fingerprint density at radius 2 is 0.816 bits per heavy atom. The molecule has 6 heteroatoms. The van der Waals surface area contributed by atoms with Gasteiger partial charge in [0.1, 0.15) is 34.1 Å². The van der Waals surface area contributed by atoms with Crippen LogP contribution in [0.4, 0.5) is 0 Å². The van der Waals surface area contributed by atoms with E-state index in [1.165, 1.54) is 0 Å². The Morgan fingerprint density at radius 1 is 0.500 bits per heavy atom. The molecule has 0 saturated heterocycles. The van der Waals surface area contributed by atoms with Gasteiger partial charge in [-0.1, -0.05) is 72.8 Å². The lowest BCUT2D eigenvalue weighted by molar-refractivity contribution is 0.0722. The number of hydrogen-bond donors (Lipinski definition) is 0. The van der Waals surface area contributed by atoms with E-state index in [4.69, 9.17) is 18.9 Å². The molecule has 6 nitrogen and oxygen atoms in total. The van der Waals surface area contributed by atoms with Gasteiger partial charge in [-0.25, -0.2) is 9.59 Å². The molecule has 0 aromatic heterocycles. The Morgan fingerprint density at radius 3 is 1.16 bits per heavy atom. The molecule has 0 radical (unpaired) electrons. The van der Waals surface area contributed by atoms with Gasteiger partial charge in [0.15, 0.2) is 0 Å². The summed E-state index contributed by atoms with van der Waals surface area (Å²) in [5.41, 5.74) is 0.649. The molecule has 0 aliphatic carbocycles. The van der Waals surface area contributed by atoms with Crippen LogP contribution >= 0.6 is 0 Å². The summed E-state index contributed by atoms with van der Waals surface area (Å²) in [7, 11) is 0. The van der Waals surface area contributed by atoms with Crippen LogP contribution in [0.5, 0.6) is 23.0 Å². The highest BCUT2D eigenvalue weighted by Gasteiger charge is 2.23. The van der Waals surface area contributed by atoms with Crippen LogP contribution in [0.3, 0.4) is 0 Å². The van der Waals surface area contributed by atoms with Crippen LogP contribution in [0.15, 0.2) is 97.1 Å². The zero-order valence-corrected chi connectivity index (χ0v) is 21.1. The summed E-state index contributed by atoms with van der Waals surface area (Å²) in [5, 5.41) is 2.53. The Labute approximate surface area is 220 Å². The number of benzene rings is 5. The number of esters is 2. The average molecular weight is 507 g/mol. The molecule has 0 N–H and O–H groups in total. The molecule has 0 bridgehead atoms. The summed E-state index contributed by atoms with van der Waals surface area (Å²) >= 11 is 0. The van der Waals surface area contributed by atoms with E-state index < -0.39 is 11.9 Å². The third-order valence-electron chi connectivity index (χ3n) is 6.04. The second-order valence-electron chi connectivity index (χ2n) is 8.39. The van der Waals surface area contributed by atoms with Crippen molar-refractivity contribution in [3.8, 4) is 23.0 Å². The first-order valence-corrected chi connectivity index (χ1v) is 12.4. The van der Waals surface area contributed by atoms with Crippen LogP contribution in [0, 0.1) is 0 Å². The Bertz CT molecular complexity index is 1460. The van der Waals surface area contributed by atoms with Crippen molar-refractivity contribution >= 4 is 33.5 Å². The minimum Gasteiger partial charge on any atom is -0.493 e. The molecule has 5 rings (SSSR count). The molecule has 0 atom stereocenters. The lowest BCUT2D eigenvalue weighted by atomic mass is 10.0. The first-order chi connectivity index (χ1) is 18.6. The van der Waals surface area contributed by atoms with Crippen molar-refractivity contribution in [1.29, 1.82) is 0 Å². The van der Waals surface area contributed by atoms with E-state index in [0.717, 1.165) is 0 Å². The molecule has 0 heterocycles. The minimum atomic E-state index is -0.542. The summed E-state index contributed by atoms with van der Waals surface area (Å²) in [6.45, 7) is 4.55. The Kier molecular flexibility index (Phi) is 7.22. The van der Waals surface area contributed by atoms with Gasteiger partial charge in [0.25, 0.3) is 0 Å². The Balaban J connectivity index is 1.62. The normalized spacial score (nSPS) is 10.8. The molecule has 38 heavy (non-hydrogen) atoms. The van der Waals surface area contributed by atoms with E-state index >= 15 is 0 Å². The highest BCUT2D eigenvalue weighted by atomic mass is 16.5. The maximum absolute atomic E-state index is 13.3. The zero-order chi connectivity index (χ0) is 26.5. The summed E-state index contributed by atoms with van der Waals surface area (Å²) in [5.74, 6) is 0.572. The fraction of sp³-hybridized carbons (Fsp3) is 0.125. The van der Waals surface area contributed by atoms with Crippen LogP contribution in [0.1, 0.15) is 34.6 Å². The van der Waals surface area contributed by atoms with Gasteiger partial charge in [0.05, 0.1) is 13.2 Å². The Hall–Kier alpha value is -4.84. The topological polar surface area (TPSA) is 71.1 Å². The minimum absolute atomic E-state index is 0.325. The third-order valence-corrected chi connectivity index (χ3v) is 6.04. The van der Waals surface area contributed by atoms with Gasteiger partial charge in [-0.2, -0.15) is 0 Å². The maximum atomic E-state index is 13.3. The van der Waals surface area contributed by atoms with Crippen LogP contribution in [0.2, 0.25) is 0 Å². The smallest absolute Gasteiger partial charge is 0.347 e. The van der Waals surface area contributed by atoms with Crippen molar-refractivity contribution in [2.24, 2.45) is 0 Å². The molecule has 0 spiro atoms. The molecular formula is C32H26O6. The highest BCUT2D eigenvalue weighted by Crippen LogP contribution is 2.43. The average Bonchev–Trinajstić information content (AvgIpc) is 2.95. The standard InChI is InChI=1S/C32H26O6/c1-3-35-27-19-11-9-17-25(27)31(33)37-29-21-13-5-7-15-23(21)30(24-16-8-6-14-22(24)29)38-32(34)26-18-10-12-20-28(26)36-4-2/h5-20H,3-4H2,1-2H3. The molecular weight excluding hydrogens is 480 g/mol. The van der Waals surface area contributed by atoms with Crippen molar-refractivity contribution in [2.75, 3.05) is 13.2 Å². The summed E-state index contributed by atoms with van der Waals surface area (Å²) in [4.78, 5) is 26.7. The largest absolute Gasteiger partial charge is 0.493 e. The van der Waals surface area contributed by atoms with Gasteiger partial charge in [-0.05, 0) is 38.1 Å². The van der Waals surface area contributed by atoms with Crippen molar-refractivity contribution in [3.63, 3.8) is 0 Å². The van der Waals surface area contributed by atoms with Gasteiger partial charge in [-0.3, -0.25) is 0 Å². The van der Waals surface area contributed by atoms with Gasteiger partial charge in [-0.15, -0.1) is 0 Å². The number of carbonyl (C=O) groups is 2. The van der Waals surface area contributed by atoms with Crippen molar-refractivity contribution in [1.82, 2.24) is 0 Å². The predicted molar refractivity (Wildman–Crippen MR) is 147 cm³/mol. The summed E-state index contributed by atoms with van der Waals surface area (Å²) in [6.07, 6.45) is 0. The molecule has 0 aliphatic heterocycles. The molecule has 0 amide bonds. The lowest BCUT2D eigenvalue weighted by Gasteiger charge is -2.17. The van der Waals surface area contributed by atoms with Crippen LogP contribution < -0.4 is 18.9 Å². The molecule has 5 aromatic rings. The van der Waals surface area contributed by atoms with E-state index in [1.54, 1.807) is 48.5 Å². The van der Waals surface area contributed by atoms with Crippen LogP contribution in [0.25, 0.3) is 21.5 Å². The molecule has 0 unspecified atom stereocenters. The quantitative estimate of drug-likeness (QED) is 0.126. The van der Waals surface area contributed by atoms with E-state index in [9.17, 15) is 9.59 Å². The molecule has 0 saturated carbocycles. The molecule has 5 aromatic carbocycles. The highest BCUT2D eigenvalue weighted by molar-refractivity contribution is 6.14. The summed E-state index contributed by atoms with van der Waals surface area (Å²) in [6, 6.07) is 28.7. The van der Waals surface area contributed by atoms with E-state index in [0.29, 0.717) is 68.9 Å². The number of fused-ring (bicyclic) bond motifs is 2. The molecule has 0 aliphatic rings. The second kappa shape index (κ2) is 11.0.